The number of nitrogens with zero attached hydrogens (tertiary/aromatic N) is 2. The molecule has 4 nitrogen and oxygen atoms in total. The van der Waals surface area contributed by atoms with Crippen molar-refractivity contribution in [1.82, 2.24) is 0 Å². The number of pyridine rings is 1. The van der Waals surface area contributed by atoms with Gasteiger partial charge in [0.25, 0.3) is 0 Å². The van der Waals surface area contributed by atoms with Gasteiger partial charge in [-0.1, -0.05) is 5.16 Å². The first-order valence-electron chi connectivity index (χ1n) is 4.49. The van der Waals surface area contributed by atoms with E-state index >= 15 is 0 Å². The maximum atomic E-state index is 11.4. The van der Waals surface area contributed by atoms with Crippen LogP contribution in [-0.2, 0) is 4.84 Å². The Bertz CT molecular complexity index is 335. The van der Waals surface area contributed by atoms with Crippen molar-refractivity contribution >= 4 is 6.21 Å². The molecule has 0 saturated heterocycles. The Morgan fingerprint density at radius 2 is 2.21 bits per heavy atom. The van der Waals surface area contributed by atoms with Crippen LogP contribution in [0.25, 0.3) is 0 Å². The van der Waals surface area contributed by atoms with E-state index in [-0.39, 0.29) is 6.10 Å². The largest absolute Gasteiger partial charge is 0.618 e. The van der Waals surface area contributed by atoms with Crippen LogP contribution in [0.2, 0.25) is 0 Å². The Labute approximate surface area is 83.4 Å². The third kappa shape index (κ3) is 2.73. The maximum absolute atomic E-state index is 11.4. The summed E-state index contributed by atoms with van der Waals surface area (Å²) in [6, 6.07) is 5.24. The second kappa shape index (κ2) is 4.60. The van der Waals surface area contributed by atoms with Crippen molar-refractivity contribution in [2.45, 2.75) is 26.9 Å². The molecule has 0 atom stereocenters. The molecule has 1 rings (SSSR count). The Morgan fingerprint density at radius 1 is 1.50 bits per heavy atom. The smallest absolute Gasteiger partial charge is 0.238 e. The fraction of sp³-hybridized carbons (Fsp3) is 0.400. The molecule has 1 aromatic rings. The summed E-state index contributed by atoms with van der Waals surface area (Å²) >= 11 is 0. The summed E-state index contributed by atoms with van der Waals surface area (Å²) in [5.41, 5.74) is 1.11. The van der Waals surface area contributed by atoms with Crippen LogP contribution >= 0.6 is 0 Å². The summed E-state index contributed by atoms with van der Waals surface area (Å²) in [5, 5.41) is 15.1. The van der Waals surface area contributed by atoms with Crippen LogP contribution in [0.5, 0.6) is 0 Å². The Hall–Kier alpha value is -1.58. The average Bonchev–Trinajstić information content (AvgIpc) is 2.12. The molecule has 76 valence electrons. The molecule has 0 N–H and O–H groups in total. The number of rotatable bonds is 3. The van der Waals surface area contributed by atoms with Gasteiger partial charge in [-0.25, -0.2) is 0 Å². The standard InChI is InChI=1S/C10H14N2O2/c1-8(2)14-11-7-10-6-4-5-9(3)12(10)13/h4-8H,1-3H3/b11-7+. The van der Waals surface area contributed by atoms with Gasteiger partial charge in [-0.15, -0.1) is 0 Å². The van der Waals surface area contributed by atoms with Crippen molar-refractivity contribution in [2.75, 3.05) is 0 Å². The van der Waals surface area contributed by atoms with Gasteiger partial charge in [-0.3, -0.25) is 0 Å². The first-order valence-corrected chi connectivity index (χ1v) is 4.49. The van der Waals surface area contributed by atoms with Gasteiger partial charge in [0.05, 0.1) is 0 Å². The van der Waals surface area contributed by atoms with E-state index in [0.29, 0.717) is 11.4 Å². The van der Waals surface area contributed by atoms with E-state index in [0.717, 1.165) is 4.73 Å². The van der Waals surface area contributed by atoms with Crippen LogP contribution in [0.3, 0.4) is 0 Å². The molecular formula is C10H14N2O2. The van der Waals surface area contributed by atoms with E-state index in [1.807, 2.05) is 13.8 Å². The van der Waals surface area contributed by atoms with Crippen LogP contribution in [0, 0.1) is 12.1 Å². The average molecular weight is 194 g/mol. The number of aryl methyl sites for hydroxylation is 1. The van der Waals surface area contributed by atoms with Crippen molar-refractivity contribution in [3.63, 3.8) is 0 Å². The third-order valence-corrected chi connectivity index (χ3v) is 1.62. The predicted molar refractivity (Wildman–Crippen MR) is 54.0 cm³/mol. The molecule has 1 heterocycles. The van der Waals surface area contributed by atoms with Gasteiger partial charge in [0, 0.05) is 19.1 Å². The van der Waals surface area contributed by atoms with Crippen LogP contribution in [0.4, 0.5) is 0 Å². The van der Waals surface area contributed by atoms with Gasteiger partial charge in [-0.2, -0.15) is 4.73 Å². The molecule has 0 saturated carbocycles. The Balaban J connectivity index is 2.76. The Morgan fingerprint density at radius 3 is 2.86 bits per heavy atom. The zero-order valence-electron chi connectivity index (χ0n) is 8.60. The first kappa shape index (κ1) is 10.5. The van der Waals surface area contributed by atoms with E-state index in [1.165, 1.54) is 6.21 Å². The van der Waals surface area contributed by atoms with Crippen molar-refractivity contribution in [3.8, 4) is 0 Å². The summed E-state index contributed by atoms with van der Waals surface area (Å²) < 4.78 is 0.813. The first-order chi connectivity index (χ1) is 6.61. The maximum Gasteiger partial charge on any atom is 0.238 e. The topological polar surface area (TPSA) is 48.5 Å². The molecule has 0 fully saturated rings. The lowest BCUT2D eigenvalue weighted by Crippen LogP contribution is -2.34. The lowest BCUT2D eigenvalue weighted by molar-refractivity contribution is -0.613. The highest BCUT2D eigenvalue weighted by atomic mass is 16.6. The molecule has 0 aliphatic rings. The molecule has 0 bridgehead atoms. The van der Waals surface area contributed by atoms with Gasteiger partial charge in [0.15, 0.2) is 5.69 Å². The fourth-order valence-corrected chi connectivity index (χ4v) is 0.927. The monoisotopic (exact) mass is 194 g/mol. The molecule has 4 heteroatoms. The lowest BCUT2D eigenvalue weighted by Gasteiger charge is -2.03. The van der Waals surface area contributed by atoms with Gasteiger partial charge >= 0.3 is 0 Å². The highest BCUT2D eigenvalue weighted by Gasteiger charge is 2.03. The highest BCUT2D eigenvalue weighted by molar-refractivity contribution is 5.74. The van der Waals surface area contributed by atoms with Crippen molar-refractivity contribution < 1.29 is 9.57 Å². The normalized spacial score (nSPS) is 11.1. The third-order valence-electron chi connectivity index (χ3n) is 1.62. The molecule has 0 amide bonds. The van der Waals surface area contributed by atoms with Crippen LogP contribution in [0.15, 0.2) is 23.4 Å². The fourth-order valence-electron chi connectivity index (χ4n) is 0.927. The minimum atomic E-state index is 0.0242. The number of hydrogen-bond acceptors (Lipinski definition) is 3. The quantitative estimate of drug-likeness (QED) is 0.316. The van der Waals surface area contributed by atoms with Crippen LogP contribution in [-0.4, -0.2) is 12.3 Å². The van der Waals surface area contributed by atoms with Gasteiger partial charge in [-0.05, 0) is 19.9 Å². The number of aromatic nitrogens is 1. The van der Waals surface area contributed by atoms with Gasteiger partial charge < -0.3 is 10.0 Å². The summed E-state index contributed by atoms with van der Waals surface area (Å²) in [4.78, 5) is 4.96. The molecule has 0 aliphatic carbocycles. The van der Waals surface area contributed by atoms with Gasteiger partial charge in [0.1, 0.15) is 12.3 Å². The van der Waals surface area contributed by atoms with Crippen LogP contribution < -0.4 is 4.73 Å². The van der Waals surface area contributed by atoms with E-state index in [2.05, 4.69) is 5.16 Å². The summed E-state index contributed by atoms with van der Waals surface area (Å²) in [5.74, 6) is 0. The predicted octanol–water partition coefficient (Wildman–Crippen LogP) is 1.39. The molecule has 0 radical (unpaired) electrons. The molecule has 0 unspecified atom stereocenters. The van der Waals surface area contributed by atoms with Gasteiger partial charge in [0.2, 0.25) is 5.69 Å². The Kier molecular flexibility index (Phi) is 3.45. The zero-order chi connectivity index (χ0) is 10.6. The van der Waals surface area contributed by atoms with Crippen molar-refractivity contribution in [2.24, 2.45) is 5.16 Å². The zero-order valence-corrected chi connectivity index (χ0v) is 8.60. The highest BCUT2D eigenvalue weighted by Crippen LogP contribution is 1.94. The van der Waals surface area contributed by atoms with E-state index in [1.54, 1.807) is 25.1 Å². The number of oxime groups is 1. The molecular weight excluding hydrogens is 180 g/mol. The second-order valence-electron chi connectivity index (χ2n) is 3.28. The summed E-state index contributed by atoms with van der Waals surface area (Å²) in [7, 11) is 0. The minimum Gasteiger partial charge on any atom is -0.618 e. The van der Waals surface area contributed by atoms with Crippen molar-refractivity contribution in [3.05, 3.63) is 34.8 Å². The second-order valence-corrected chi connectivity index (χ2v) is 3.28. The SMILES string of the molecule is Cc1cccc(/C=N/OC(C)C)[n+]1[O-]. The minimum absolute atomic E-state index is 0.0242. The number of hydrogen-bond donors (Lipinski definition) is 0. The van der Waals surface area contributed by atoms with E-state index in [4.69, 9.17) is 4.84 Å². The van der Waals surface area contributed by atoms with Crippen LogP contribution in [0.1, 0.15) is 25.2 Å². The molecule has 0 aromatic carbocycles. The van der Waals surface area contributed by atoms with E-state index < -0.39 is 0 Å². The lowest BCUT2D eigenvalue weighted by atomic mass is 10.3. The molecule has 1 aromatic heterocycles. The summed E-state index contributed by atoms with van der Waals surface area (Å²) in [6.45, 7) is 5.49. The van der Waals surface area contributed by atoms with E-state index in [9.17, 15) is 5.21 Å². The summed E-state index contributed by atoms with van der Waals surface area (Å²) in [6.07, 6.45) is 1.44. The molecule has 0 aliphatic heterocycles. The van der Waals surface area contributed by atoms with Crippen molar-refractivity contribution in [1.29, 1.82) is 0 Å². The molecule has 14 heavy (non-hydrogen) atoms. The molecule has 0 spiro atoms.